The van der Waals surface area contributed by atoms with Gasteiger partial charge < -0.3 is 10.2 Å². The maximum absolute atomic E-state index is 11.7. The standard InChI is InChI=1S/C24H38O4/c1-17(2)9-7-11-19(5)13-14-21(22(24(27)28)16-23(25)26)15-20(6)12-8-10-18(3)4/h9-10,13,15,21-22H,7-8,11-12,14,16H2,1-6H3,(H,25,26)(H,27,28)/b19-13+,20-15+. The van der Waals surface area contributed by atoms with Crippen molar-refractivity contribution >= 4 is 11.9 Å². The minimum atomic E-state index is -1.07. The van der Waals surface area contributed by atoms with E-state index in [-0.39, 0.29) is 12.3 Å². The molecule has 158 valence electrons. The minimum Gasteiger partial charge on any atom is -0.481 e. The van der Waals surface area contributed by atoms with Gasteiger partial charge in [0.05, 0.1) is 12.3 Å². The molecule has 4 nitrogen and oxygen atoms in total. The van der Waals surface area contributed by atoms with Gasteiger partial charge in [0.25, 0.3) is 0 Å². The molecular formula is C24H38O4. The van der Waals surface area contributed by atoms with Crippen LogP contribution in [0.3, 0.4) is 0 Å². The number of allylic oxidation sites excluding steroid dienone is 8. The molecule has 4 heteroatoms. The van der Waals surface area contributed by atoms with Crippen LogP contribution in [0.2, 0.25) is 0 Å². The predicted molar refractivity (Wildman–Crippen MR) is 116 cm³/mol. The Hall–Kier alpha value is -2.10. The summed E-state index contributed by atoms with van der Waals surface area (Å²) >= 11 is 0. The van der Waals surface area contributed by atoms with E-state index in [4.69, 9.17) is 5.11 Å². The van der Waals surface area contributed by atoms with Crippen LogP contribution in [-0.2, 0) is 9.59 Å². The molecule has 0 aliphatic heterocycles. The van der Waals surface area contributed by atoms with Crippen molar-refractivity contribution in [3.8, 4) is 0 Å². The zero-order valence-electron chi connectivity index (χ0n) is 18.4. The van der Waals surface area contributed by atoms with Gasteiger partial charge in [-0.3, -0.25) is 9.59 Å². The van der Waals surface area contributed by atoms with E-state index in [2.05, 4.69) is 45.9 Å². The first-order valence-electron chi connectivity index (χ1n) is 10.1. The van der Waals surface area contributed by atoms with E-state index < -0.39 is 17.9 Å². The molecule has 0 spiro atoms. The molecule has 28 heavy (non-hydrogen) atoms. The molecule has 0 aliphatic carbocycles. The molecule has 0 fully saturated rings. The van der Waals surface area contributed by atoms with Gasteiger partial charge in [-0.1, -0.05) is 46.6 Å². The van der Waals surface area contributed by atoms with Crippen LogP contribution in [0.25, 0.3) is 0 Å². The van der Waals surface area contributed by atoms with Crippen LogP contribution < -0.4 is 0 Å². The fourth-order valence-electron chi connectivity index (χ4n) is 3.02. The number of hydrogen-bond donors (Lipinski definition) is 2. The highest BCUT2D eigenvalue weighted by atomic mass is 16.4. The van der Waals surface area contributed by atoms with Crippen molar-refractivity contribution in [3.05, 3.63) is 46.6 Å². The highest BCUT2D eigenvalue weighted by Gasteiger charge is 2.28. The molecule has 0 bridgehead atoms. The van der Waals surface area contributed by atoms with Crippen molar-refractivity contribution in [1.29, 1.82) is 0 Å². The van der Waals surface area contributed by atoms with Gasteiger partial charge in [-0.15, -0.1) is 0 Å². The molecule has 0 saturated heterocycles. The smallest absolute Gasteiger partial charge is 0.307 e. The summed E-state index contributed by atoms with van der Waals surface area (Å²) in [4.78, 5) is 22.9. The van der Waals surface area contributed by atoms with E-state index in [0.29, 0.717) is 6.42 Å². The number of hydrogen-bond acceptors (Lipinski definition) is 2. The lowest BCUT2D eigenvalue weighted by molar-refractivity contribution is -0.149. The molecule has 0 aromatic heterocycles. The van der Waals surface area contributed by atoms with Gasteiger partial charge in [0.1, 0.15) is 0 Å². The van der Waals surface area contributed by atoms with E-state index in [1.165, 1.54) is 16.7 Å². The first-order valence-corrected chi connectivity index (χ1v) is 10.1. The number of carboxylic acids is 2. The SMILES string of the molecule is CC(C)=CCC/C(C)=C/CC(/C=C(\C)CCC=C(C)C)C(CC(=O)O)C(=O)O. The van der Waals surface area contributed by atoms with Crippen molar-refractivity contribution in [2.24, 2.45) is 11.8 Å². The van der Waals surface area contributed by atoms with Crippen molar-refractivity contribution in [2.75, 3.05) is 0 Å². The van der Waals surface area contributed by atoms with E-state index in [9.17, 15) is 14.7 Å². The average Bonchev–Trinajstić information content (AvgIpc) is 2.55. The summed E-state index contributed by atoms with van der Waals surface area (Å²) < 4.78 is 0. The molecule has 0 rings (SSSR count). The quantitative estimate of drug-likeness (QED) is 0.349. The summed E-state index contributed by atoms with van der Waals surface area (Å²) in [6.45, 7) is 12.3. The van der Waals surface area contributed by atoms with Crippen LogP contribution in [0.15, 0.2) is 46.6 Å². The maximum atomic E-state index is 11.7. The minimum absolute atomic E-state index is 0.321. The average molecular weight is 391 g/mol. The third-order valence-electron chi connectivity index (χ3n) is 4.65. The summed E-state index contributed by atoms with van der Waals surface area (Å²) in [6.07, 6.45) is 12.2. The fourth-order valence-corrected chi connectivity index (χ4v) is 3.02. The van der Waals surface area contributed by atoms with Crippen LogP contribution in [-0.4, -0.2) is 22.2 Å². The zero-order chi connectivity index (χ0) is 21.7. The lowest BCUT2D eigenvalue weighted by Crippen LogP contribution is -2.25. The topological polar surface area (TPSA) is 74.6 Å². The Morgan fingerprint density at radius 2 is 1.29 bits per heavy atom. The summed E-state index contributed by atoms with van der Waals surface area (Å²) in [6, 6.07) is 0. The van der Waals surface area contributed by atoms with Gasteiger partial charge in [0.2, 0.25) is 0 Å². The van der Waals surface area contributed by atoms with Crippen LogP contribution in [0, 0.1) is 11.8 Å². The number of rotatable bonds is 13. The monoisotopic (exact) mass is 390 g/mol. The van der Waals surface area contributed by atoms with Gasteiger partial charge in [-0.2, -0.15) is 0 Å². The number of carbonyl (C=O) groups is 2. The predicted octanol–water partition coefficient (Wildman–Crippen LogP) is 6.55. The van der Waals surface area contributed by atoms with Crippen molar-refractivity contribution in [3.63, 3.8) is 0 Å². The maximum Gasteiger partial charge on any atom is 0.307 e. The number of aliphatic carboxylic acids is 2. The second kappa shape index (κ2) is 14.0. The summed E-state index contributed by atoms with van der Waals surface area (Å²) in [5.74, 6) is -3.36. The van der Waals surface area contributed by atoms with E-state index >= 15 is 0 Å². The third-order valence-corrected chi connectivity index (χ3v) is 4.65. The first-order chi connectivity index (χ1) is 13.0. The molecule has 0 aromatic carbocycles. The zero-order valence-corrected chi connectivity index (χ0v) is 18.4. The third kappa shape index (κ3) is 13.1. The van der Waals surface area contributed by atoms with Gasteiger partial charge in [0.15, 0.2) is 0 Å². The first kappa shape index (κ1) is 25.9. The molecule has 2 unspecified atom stereocenters. The Labute approximate surface area is 170 Å². The van der Waals surface area contributed by atoms with Crippen molar-refractivity contribution < 1.29 is 19.8 Å². The van der Waals surface area contributed by atoms with Gasteiger partial charge in [-0.25, -0.2) is 0 Å². The normalized spacial score (nSPS) is 14.2. The second-order valence-corrected chi connectivity index (χ2v) is 8.15. The lowest BCUT2D eigenvalue weighted by Gasteiger charge is -2.20. The highest BCUT2D eigenvalue weighted by molar-refractivity contribution is 5.78. The summed E-state index contributed by atoms with van der Waals surface area (Å²) in [5.41, 5.74) is 4.86. The Morgan fingerprint density at radius 3 is 1.71 bits per heavy atom. The molecule has 0 heterocycles. The Balaban J connectivity index is 5.36. The van der Waals surface area contributed by atoms with Crippen LogP contribution in [0.1, 0.15) is 80.1 Å². The summed E-state index contributed by atoms with van der Waals surface area (Å²) in [7, 11) is 0. The number of carboxylic acid groups (broad SMARTS) is 2. The lowest BCUT2D eigenvalue weighted by atomic mass is 9.84. The molecule has 2 N–H and O–H groups in total. The van der Waals surface area contributed by atoms with Crippen LogP contribution in [0.4, 0.5) is 0 Å². The highest BCUT2D eigenvalue weighted by Crippen LogP contribution is 2.26. The fraction of sp³-hybridized carbons (Fsp3) is 0.583. The van der Waals surface area contributed by atoms with Gasteiger partial charge in [0, 0.05) is 0 Å². The van der Waals surface area contributed by atoms with Gasteiger partial charge >= 0.3 is 11.9 Å². The van der Waals surface area contributed by atoms with E-state index in [1.807, 2.05) is 19.9 Å². The Kier molecular flexibility index (Phi) is 12.9. The Bertz CT molecular complexity index is 627. The Morgan fingerprint density at radius 1 is 0.786 bits per heavy atom. The molecule has 2 atom stereocenters. The second-order valence-electron chi connectivity index (χ2n) is 8.15. The molecule has 0 radical (unpaired) electrons. The molecular weight excluding hydrogens is 352 g/mol. The molecule has 0 aromatic rings. The molecule has 0 amide bonds. The molecule has 0 aliphatic rings. The molecule has 0 saturated carbocycles. The van der Waals surface area contributed by atoms with Crippen LogP contribution >= 0.6 is 0 Å². The van der Waals surface area contributed by atoms with E-state index in [1.54, 1.807) is 0 Å². The van der Waals surface area contributed by atoms with Crippen molar-refractivity contribution in [2.45, 2.75) is 80.1 Å². The largest absolute Gasteiger partial charge is 0.481 e. The van der Waals surface area contributed by atoms with E-state index in [0.717, 1.165) is 31.3 Å². The van der Waals surface area contributed by atoms with Crippen LogP contribution in [0.5, 0.6) is 0 Å². The summed E-state index contributed by atoms with van der Waals surface area (Å²) in [5, 5.41) is 18.7. The van der Waals surface area contributed by atoms with Crippen molar-refractivity contribution in [1.82, 2.24) is 0 Å². The van der Waals surface area contributed by atoms with Gasteiger partial charge in [-0.05, 0) is 79.6 Å².